The highest BCUT2D eigenvalue weighted by Crippen LogP contribution is 2.16. The van der Waals surface area contributed by atoms with Crippen LogP contribution < -0.4 is 5.73 Å². The number of aliphatic hydroxyl groups is 1. The smallest absolute Gasteiger partial charge is 0.114 e. The number of hydrogen-bond donors (Lipinski definition) is 2. The Morgan fingerprint density at radius 2 is 2.42 bits per heavy atom. The van der Waals surface area contributed by atoms with Gasteiger partial charge in [0.2, 0.25) is 0 Å². The van der Waals surface area contributed by atoms with E-state index in [0.29, 0.717) is 13.0 Å². The van der Waals surface area contributed by atoms with Gasteiger partial charge in [-0.2, -0.15) is 0 Å². The molecule has 0 aromatic rings. The molecule has 1 fully saturated rings. The van der Waals surface area contributed by atoms with E-state index < -0.39 is 12.3 Å². The number of halogens is 1. The fourth-order valence-electron chi connectivity index (χ4n) is 1.55. The van der Waals surface area contributed by atoms with Crippen LogP contribution in [0.3, 0.4) is 0 Å². The van der Waals surface area contributed by atoms with Crippen LogP contribution in [0, 0.1) is 0 Å². The van der Waals surface area contributed by atoms with Crippen molar-refractivity contribution in [2.75, 3.05) is 19.6 Å². The van der Waals surface area contributed by atoms with Crippen LogP contribution in [0.1, 0.15) is 13.3 Å². The fourth-order valence-corrected chi connectivity index (χ4v) is 1.55. The average molecular weight is 176 g/mol. The summed E-state index contributed by atoms with van der Waals surface area (Å²) >= 11 is 0. The standard InChI is InChI=1S/C8H17FN2O/c1-6(8(12)4-10)11-3-2-7(9)5-11/h6-8,12H,2-5,10H2,1H3. The summed E-state index contributed by atoms with van der Waals surface area (Å²) in [4.78, 5) is 1.95. The summed E-state index contributed by atoms with van der Waals surface area (Å²) in [5.74, 6) is 0. The Hall–Kier alpha value is -0.190. The van der Waals surface area contributed by atoms with Gasteiger partial charge in [-0.25, -0.2) is 4.39 Å². The Morgan fingerprint density at radius 3 is 2.83 bits per heavy atom. The minimum Gasteiger partial charge on any atom is -0.390 e. The number of hydrogen-bond acceptors (Lipinski definition) is 3. The molecule has 1 saturated heterocycles. The lowest BCUT2D eigenvalue weighted by Crippen LogP contribution is -2.43. The molecule has 0 radical (unpaired) electrons. The second-order valence-electron chi connectivity index (χ2n) is 3.42. The number of likely N-dealkylation sites (tertiary alicyclic amines) is 1. The van der Waals surface area contributed by atoms with Gasteiger partial charge < -0.3 is 10.8 Å². The molecule has 3 unspecified atom stereocenters. The Bertz CT molecular complexity index is 145. The van der Waals surface area contributed by atoms with Gasteiger partial charge in [0, 0.05) is 25.7 Å². The first kappa shape index (κ1) is 9.89. The van der Waals surface area contributed by atoms with E-state index in [0.717, 1.165) is 6.54 Å². The van der Waals surface area contributed by atoms with Gasteiger partial charge in [-0.1, -0.05) is 0 Å². The van der Waals surface area contributed by atoms with Crippen LogP contribution >= 0.6 is 0 Å². The molecule has 1 aliphatic rings. The van der Waals surface area contributed by atoms with Crippen molar-refractivity contribution in [3.8, 4) is 0 Å². The maximum absolute atomic E-state index is 12.7. The molecule has 1 rings (SSSR count). The molecule has 3 atom stereocenters. The molecule has 4 heteroatoms. The van der Waals surface area contributed by atoms with Crippen molar-refractivity contribution in [1.29, 1.82) is 0 Å². The van der Waals surface area contributed by atoms with E-state index in [9.17, 15) is 9.50 Å². The third kappa shape index (κ3) is 2.15. The van der Waals surface area contributed by atoms with Gasteiger partial charge in [-0.05, 0) is 13.3 Å². The molecular formula is C8H17FN2O. The van der Waals surface area contributed by atoms with Crippen molar-refractivity contribution in [2.45, 2.75) is 31.7 Å². The van der Waals surface area contributed by atoms with E-state index in [1.54, 1.807) is 0 Å². The fraction of sp³-hybridized carbons (Fsp3) is 1.00. The molecule has 3 nitrogen and oxygen atoms in total. The van der Waals surface area contributed by atoms with Gasteiger partial charge in [0.05, 0.1) is 6.10 Å². The van der Waals surface area contributed by atoms with Crippen LogP contribution in [0.2, 0.25) is 0 Å². The number of aliphatic hydroxyl groups excluding tert-OH is 1. The number of rotatable bonds is 3. The summed E-state index contributed by atoms with van der Waals surface area (Å²) in [6.45, 7) is 3.31. The molecule has 1 aliphatic heterocycles. The summed E-state index contributed by atoms with van der Waals surface area (Å²) in [6, 6.07) is -0.0178. The highest BCUT2D eigenvalue weighted by atomic mass is 19.1. The lowest BCUT2D eigenvalue weighted by Gasteiger charge is -2.27. The first-order valence-corrected chi connectivity index (χ1v) is 4.41. The lowest BCUT2D eigenvalue weighted by atomic mass is 10.1. The summed E-state index contributed by atoms with van der Waals surface area (Å²) < 4.78 is 12.7. The Kier molecular flexibility index (Phi) is 3.43. The summed E-state index contributed by atoms with van der Waals surface area (Å²) in [5, 5.41) is 9.38. The van der Waals surface area contributed by atoms with Gasteiger partial charge in [0.25, 0.3) is 0 Å². The first-order valence-electron chi connectivity index (χ1n) is 4.41. The molecule has 0 bridgehead atoms. The minimum absolute atomic E-state index is 0.0178. The van der Waals surface area contributed by atoms with Crippen LogP contribution in [0.25, 0.3) is 0 Å². The van der Waals surface area contributed by atoms with Crippen molar-refractivity contribution in [2.24, 2.45) is 5.73 Å². The lowest BCUT2D eigenvalue weighted by molar-refractivity contribution is 0.0745. The van der Waals surface area contributed by atoms with E-state index in [2.05, 4.69) is 0 Å². The minimum atomic E-state index is -0.725. The van der Waals surface area contributed by atoms with Gasteiger partial charge in [-0.15, -0.1) is 0 Å². The van der Waals surface area contributed by atoms with Crippen molar-refractivity contribution in [1.82, 2.24) is 4.90 Å². The zero-order valence-electron chi connectivity index (χ0n) is 7.41. The first-order chi connectivity index (χ1) is 5.65. The molecule has 3 N–H and O–H groups in total. The van der Waals surface area contributed by atoms with E-state index in [1.165, 1.54) is 0 Å². The predicted molar refractivity (Wildman–Crippen MR) is 45.6 cm³/mol. The van der Waals surface area contributed by atoms with Crippen LogP contribution in [-0.4, -0.2) is 48.0 Å². The summed E-state index contributed by atoms with van der Waals surface area (Å²) in [5.41, 5.74) is 5.30. The maximum atomic E-state index is 12.7. The second-order valence-corrected chi connectivity index (χ2v) is 3.42. The van der Waals surface area contributed by atoms with E-state index >= 15 is 0 Å². The van der Waals surface area contributed by atoms with Gasteiger partial charge in [0.1, 0.15) is 6.17 Å². The highest BCUT2D eigenvalue weighted by Gasteiger charge is 2.28. The third-order valence-corrected chi connectivity index (χ3v) is 2.54. The normalized spacial score (nSPS) is 30.5. The molecule has 0 aromatic carbocycles. The highest BCUT2D eigenvalue weighted by molar-refractivity contribution is 4.83. The molecule has 0 amide bonds. The zero-order valence-corrected chi connectivity index (χ0v) is 7.41. The molecule has 0 aliphatic carbocycles. The summed E-state index contributed by atoms with van der Waals surface area (Å²) in [6.07, 6.45) is -0.672. The van der Waals surface area contributed by atoms with Crippen molar-refractivity contribution in [3.05, 3.63) is 0 Å². The SMILES string of the molecule is CC(C(O)CN)N1CCC(F)C1. The van der Waals surface area contributed by atoms with Gasteiger partial charge >= 0.3 is 0 Å². The third-order valence-electron chi connectivity index (χ3n) is 2.54. The van der Waals surface area contributed by atoms with E-state index in [-0.39, 0.29) is 12.6 Å². The van der Waals surface area contributed by atoms with E-state index in [4.69, 9.17) is 5.73 Å². The van der Waals surface area contributed by atoms with Crippen LogP contribution in [0.5, 0.6) is 0 Å². The van der Waals surface area contributed by atoms with Crippen LogP contribution in [0.4, 0.5) is 4.39 Å². The quantitative estimate of drug-likeness (QED) is 0.623. The largest absolute Gasteiger partial charge is 0.390 e. The Morgan fingerprint density at radius 1 is 1.75 bits per heavy atom. The molecule has 72 valence electrons. The molecular weight excluding hydrogens is 159 g/mol. The molecule has 0 saturated carbocycles. The molecule has 0 spiro atoms. The zero-order chi connectivity index (χ0) is 9.14. The van der Waals surface area contributed by atoms with Crippen molar-refractivity contribution < 1.29 is 9.50 Å². The Balaban J connectivity index is 2.37. The monoisotopic (exact) mass is 176 g/mol. The predicted octanol–water partition coefficient (Wildman–Crippen LogP) is -0.262. The number of alkyl halides is 1. The van der Waals surface area contributed by atoms with Gasteiger partial charge in [0.15, 0.2) is 0 Å². The maximum Gasteiger partial charge on any atom is 0.114 e. The van der Waals surface area contributed by atoms with Gasteiger partial charge in [-0.3, -0.25) is 4.90 Å². The van der Waals surface area contributed by atoms with E-state index in [1.807, 2.05) is 11.8 Å². The molecule has 1 heterocycles. The average Bonchev–Trinajstić information content (AvgIpc) is 2.49. The van der Waals surface area contributed by atoms with Crippen LogP contribution in [0.15, 0.2) is 0 Å². The Labute approximate surface area is 72.3 Å². The number of nitrogens with two attached hydrogens (primary N) is 1. The van der Waals surface area contributed by atoms with Crippen molar-refractivity contribution >= 4 is 0 Å². The topological polar surface area (TPSA) is 49.5 Å². The second kappa shape index (κ2) is 4.16. The van der Waals surface area contributed by atoms with Crippen molar-refractivity contribution in [3.63, 3.8) is 0 Å². The molecule has 0 aromatic heterocycles. The number of nitrogens with zero attached hydrogens (tertiary/aromatic N) is 1. The summed E-state index contributed by atoms with van der Waals surface area (Å²) in [7, 11) is 0. The molecule has 12 heavy (non-hydrogen) atoms. The van der Waals surface area contributed by atoms with Crippen LogP contribution in [-0.2, 0) is 0 Å².